The van der Waals surface area contributed by atoms with Crippen LogP contribution in [0.4, 0.5) is 0 Å². The number of hydrogen-bond donors (Lipinski definition) is 2. The highest BCUT2D eigenvalue weighted by atomic mass is 32.2. The maximum atomic E-state index is 12.0. The van der Waals surface area contributed by atoms with Gasteiger partial charge in [0, 0.05) is 25.9 Å². The van der Waals surface area contributed by atoms with Crippen LogP contribution in [0.3, 0.4) is 0 Å². The van der Waals surface area contributed by atoms with Crippen molar-refractivity contribution in [2.45, 2.75) is 50.7 Å². The number of unbranched alkanes of at least 4 members (excludes halogenated alkanes) is 1. The van der Waals surface area contributed by atoms with Crippen molar-refractivity contribution in [1.29, 1.82) is 0 Å². The Morgan fingerprint density at radius 3 is 2.81 bits per heavy atom. The van der Waals surface area contributed by atoms with Gasteiger partial charge >= 0.3 is 0 Å². The first-order chi connectivity index (χ1) is 9.95. The quantitative estimate of drug-likeness (QED) is 0.586. The van der Waals surface area contributed by atoms with Gasteiger partial charge in [0.2, 0.25) is 10.0 Å². The smallest absolute Gasteiger partial charge is 0.243 e. The van der Waals surface area contributed by atoms with Crippen LogP contribution in [-0.4, -0.2) is 44.0 Å². The summed E-state index contributed by atoms with van der Waals surface area (Å²) in [6.45, 7) is 6.18. The standard InChI is InChI=1S/C13H26N4O3S/c1-12(2)20-9-4-3-7-16-21(18,19)13-10-15-17(11-13)8-5-6-14/h10-12,16H,3-9,14H2,1-2H3. The molecule has 0 aliphatic heterocycles. The lowest BCUT2D eigenvalue weighted by molar-refractivity contribution is 0.0762. The zero-order valence-corrected chi connectivity index (χ0v) is 13.6. The molecular weight excluding hydrogens is 292 g/mol. The number of ether oxygens (including phenoxy) is 1. The summed E-state index contributed by atoms with van der Waals surface area (Å²) in [5.41, 5.74) is 5.41. The van der Waals surface area contributed by atoms with Gasteiger partial charge in [0.1, 0.15) is 4.90 Å². The van der Waals surface area contributed by atoms with Crippen LogP contribution in [-0.2, 0) is 21.3 Å². The van der Waals surface area contributed by atoms with E-state index in [1.165, 1.54) is 12.4 Å². The monoisotopic (exact) mass is 318 g/mol. The van der Waals surface area contributed by atoms with Gasteiger partial charge in [0.15, 0.2) is 0 Å². The molecule has 0 atom stereocenters. The molecule has 0 saturated heterocycles. The average molecular weight is 318 g/mol. The normalized spacial score (nSPS) is 12.2. The Kier molecular flexibility index (Phi) is 7.87. The highest BCUT2D eigenvalue weighted by Gasteiger charge is 2.15. The van der Waals surface area contributed by atoms with E-state index in [0.717, 1.165) is 19.3 Å². The summed E-state index contributed by atoms with van der Waals surface area (Å²) in [5, 5.41) is 4.02. The first kappa shape index (κ1) is 18.1. The fraction of sp³-hybridized carbons (Fsp3) is 0.769. The largest absolute Gasteiger partial charge is 0.379 e. The molecule has 3 N–H and O–H groups in total. The third-order valence-corrected chi connectivity index (χ3v) is 4.24. The molecule has 1 aromatic rings. The van der Waals surface area contributed by atoms with E-state index >= 15 is 0 Å². The van der Waals surface area contributed by atoms with Gasteiger partial charge in [-0.25, -0.2) is 13.1 Å². The Labute approximate surface area is 126 Å². The van der Waals surface area contributed by atoms with Crippen molar-refractivity contribution in [2.75, 3.05) is 19.7 Å². The van der Waals surface area contributed by atoms with E-state index in [-0.39, 0.29) is 11.0 Å². The number of aryl methyl sites for hydroxylation is 1. The molecule has 0 unspecified atom stereocenters. The zero-order valence-electron chi connectivity index (χ0n) is 12.8. The summed E-state index contributed by atoms with van der Waals surface area (Å²) in [4.78, 5) is 0.193. The fourth-order valence-corrected chi connectivity index (χ4v) is 2.72. The Bertz CT molecular complexity index is 499. The minimum absolute atomic E-state index is 0.193. The van der Waals surface area contributed by atoms with Crippen LogP contribution in [0.2, 0.25) is 0 Å². The molecule has 0 fully saturated rings. The molecule has 0 bridgehead atoms. The van der Waals surface area contributed by atoms with Crippen LogP contribution < -0.4 is 10.5 Å². The molecule has 122 valence electrons. The SMILES string of the molecule is CC(C)OCCCCNS(=O)(=O)c1cnn(CCCN)c1. The van der Waals surface area contributed by atoms with Gasteiger partial charge < -0.3 is 10.5 Å². The van der Waals surface area contributed by atoms with Gasteiger partial charge in [0.25, 0.3) is 0 Å². The van der Waals surface area contributed by atoms with E-state index in [9.17, 15) is 8.42 Å². The van der Waals surface area contributed by atoms with E-state index in [2.05, 4.69) is 9.82 Å². The Balaban J connectivity index is 2.34. The van der Waals surface area contributed by atoms with Crippen LogP contribution in [0.25, 0.3) is 0 Å². The third-order valence-electron chi connectivity index (χ3n) is 2.83. The molecule has 0 radical (unpaired) electrons. The van der Waals surface area contributed by atoms with Crippen LogP contribution in [0.5, 0.6) is 0 Å². The molecule has 0 aromatic carbocycles. The van der Waals surface area contributed by atoms with Crippen molar-refractivity contribution < 1.29 is 13.2 Å². The second-order valence-corrected chi connectivity index (χ2v) is 6.87. The fourth-order valence-electron chi connectivity index (χ4n) is 1.69. The molecule has 21 heavy (non-hydrogen) atoms. The van der Waals surface area contributed by atoms with Crippen molar-refractivity contribution in [3.05, 3.63) is 12.4 Å². The molecule has 1 heterocycles. The van der Waals surface area contributed by atoms with E-state index in [4.69, 9.17) is 10.5 Å². The van der Waals surface area contributed by atoms with Crippen LogP contribution in [0.15, 0.2) is 17.3 Å². The third kappa shape index (κ3) is 7.03. The van der Waals surface area contributed by atoms with Crippen molar-refractivity contribution >= 4 is 10.0 Å². The summed E-state index contributed by atoms with van der Waals surface area (Å²) < 4.78 is 33.6. The number of hydrogen-bond acceptors (Lipinski definition) is 5. The first-order valence-electron chi connectivity index (χ1n) is 7.29. The lowest BCUT2D eigenvalue weighted by atomic mass is 10.3. The zero-order chi connectivity index (χ0) is 15.7. The van der Waals surface area contributed by atoms with Crippen LogP contribution >= 0.6 is 0 Å². The average Bonchev–Trinajstić information content (AvgIpc) is 2.89. The van der Waals surface area contributed by atoms with Crippen molar-refractivity contribution in [3.63, 3.8) is 0 Å². The van der Waals surface area contributed by atoms with E-state index < -0.39 is 10.0 Å². The van der Waals surface area contributed by atoms with Crippen molar-refractivity contribution in [3.8, 4) is 0 Å². The van der Waals surface area contributed by atoms with Crippen LogP contribution in [0, 0.1) is 0 Å². The van der Waals surface area contributed by atoms with Crippen molar-refractivity contribution in [1.82, 2.24) is 14.5 Å². The van der Waals surface area contributed by atoms with Gasteiger partial charge in [-0.3, -0.25) is 4.68 Å². The summed E-state index contributed by atoms with van der Waals surface area (Å²) in [6.07, 6.45) is 5.44. The highest BCUT2D eigenvalue weighted by molar-refractivity contribution is 7.89. The summed E-state index contributed by atoms with van der Waals surface area (Å²) in [5.74, 6) is 0. The molecule has 1 rings (SSSR count). The minimum atomic E-state index is -3.47. The van der Waals surface area contributed by atoms with E-state index in [1.54, 1.807) is 4.68 Å². The van der Waals surface area contributed by atoms with Gasteiger partial charge in [-0.2, -0.15) is 5.10 Å². The Hall–Kier alpha value is -0.960. The molecule has 0 saturated carbocycles. The summed E-state index contributed by atoms with van der Waals surface area (Å²) in [6, 6.07) is 0. The number of aromatic nitrogens is 2. The Morgan fingerprint density at radius 2 is 2.14 bits per heavy atom. The molecule has 0 aliphatic carbocycles. The predicted molar refractivity (Wildman–Crippen MR) is 81.4 cm³/mol. The van der Waals surface area contributed by atoms with Crippen LogP contribution in [0.1, 0.15) is 33.1 Å². The second kappa shape index (κ2) is 9.14. The molecular formula is C13H26N4O3S. The number of rotatable bonds is 11. The molecule has 0 spiro atoms. The number of sulfonamides is 1. The number of nitrogens with two attached hydrogens (primary N) is 1. The molecule has 1 aromatic heterocycles. The lowest BCUT2D eigenvalue weighted by Crippen LogP contribution is -2.24. The predicted octanol–water partition coefficient (Wildman–Crippen LogP) is 0.715. The maximum absolute atomic E-state index is 12.0. The summed E-state index contributed by atoms with van der Waals surface area (Å²) >= 11 is 0. The lowest BCUT2D eigenvalue weighted by Gasteiger charge is -2.07. The van der Waals surface area contributed by atoms with E-state index in [1.807, 2.05) is 13.8 Å². The topological polar surface area (TPSA) is 99.2 Å². The second-order valence-electron chi connectivity index (χ2n) is 5.11. The molecule has 8 heteroatoms. The molecule has 0 aliphatic rings. The van der Waals surface area contributed by atoms with Gasteiger partial charge in [-0.1, -0.05) is 0 Å². The highest BCUT2D eigenvalue weighted by Crippen LogP contribution is 2.07. The number of nitrogens with one attached hydrogen (secondary N) is 1. The summed E-state index contributed by atoms with van der Waals surface area (Å²) in [7, 11) is -3.47. The van der Waals surface area contributed by atoms with Gasteiger partial charge in [-0.05, 0) is 39.7 Å². The van der Waals surface area contributed by atoms with Crippen molar-refractivity contribution in [2.24, 2.45) is 5.73 Å². The first-order valence-corrected chi connectivity index (χ1v) is 8.78. The molecule has 0 amide bonds. The molecule has 7 nitrogen and oxygen atoms in total. The Morgan fingerprint density at radius 1 is 1.38 bits per heavy atom. The maximum Gasteiger partial charge on any atom is 0.243 e. The minimum Gasteiger partial charge on any atom is -0.379 e. The number of nitrogens with zero attached hydrogens (tertiary/aromatic N) is 2. The van der Waals surface area contributed by atoms with E-state index in [0.29, 0.717) is 26.2 Å². The van der Waals surface area contributed by atoms with Gasteiger partial charge in [0.05, 0.1) is 12.3 Å². The van der Waals surface area contributed by atoms with Gasteiger partial charge in [-0.15, -0.1) is 0 Å².